The molecule has 0 saturated heterocycles. The largest absolute Gasteiger partial charge is 0.467 e. The lowest BCUT2D eigenvalue weighted by Crippen LogP contribution is -2.39. The average molecular weight is 448 g/mol. The van der Waals surface area contributed by atoms with Gasteiger partial charge in [-0.1, -0.05) is 30.3 Å². The number of furan rings is 1. The predicted molar refractivity (Wildman–Crippen MR) is 125 cm³/mol. The Morgan fingerprint density at radius 2 is 1.84 bits per heavy atom. The van der Waals surface area contributed by atoms with Crippen molar-refractivity contribution in [2.75, 3.05) is 6.79 Å². The SMILES string of the molecule is O=c1[nH]c2cc3c(cc2cc1CN(Cc1ccccc1)C(=S)NCc1ccco1)OCO3. The van der Waals surface area contributed by atoms with Crippen molar-refractivity contribution in [2.45, 2.75) is 19.6 Å². The van der Waals surface area contributed by atoms with Gasteiger partial charge in [-0.05, 0) is 42.0 Å². The summed E-state index contributed by atoms with van der Waals surface area (Å²) in [6, 6.07) is 19.3. The molecule has 2 N–H and O–H groups in total. The molecule has 1 aliphatic heterocycles. The second-order valence-corrected chi connectivity index (χ2v) is 7.88. The van der Waals surface area contributed by atoms with Crippen LogP contribution >= 0.6 is 12.2 Å². The lowest BCUT2D eigenvalue weighted by molar-refractivity contribution is 0.174. The van der Waals surface area contributed by atoms with Gasteiger partial charge in [0.1, 0.15) is 5.76 Å². The van der Waals surface area contributed by atoms with E-state index in [-0.39, 0.29) is 12.4 Å². The van der Waals surface area contributed by atoms with Gasteiger partial charge in [0.15, 0.2) is 16.6 Å². The van der Waals surface area contributed by atoms with E-state index in [1.54, 1.807) is 12.3 Å². The van der Waals surface area contributed by atoms with E-state index >= 15 is 0 Å². The third kappa shape index (κ3) is 4.31. The fourth-order valence-electron chi connectivity index (χ4n) is 3.66. The first kappa shape index (κ1) is 20.1. The molecule has 5 rings (SSSR count). The molecular formula is C24H21N3O4S. The molecule has 0 bridgehead atoms. The average Bonchev–Trinajstić information content (AvgIpc) is 3.48. The van der Waals surface area contributed by atoms with Crippen molar-refractivity contribution in [1.82, 2.24) is 15.2 Å². The van der Waals surface area contributed by atoms with Gasteiger partial charge in [-0.3, -0.25) is 4.79 Å². The summed E-state index contributed by atoms with van der Waals surface area (Å²) < 4.78 is 16.3. The fraction of sp³-hybridized carbons (Fsp3) is 0.167. The maximum absolute atomic E-state index is 12.9. The van der Waals surface area contributed by atoms with Crippen LogP contribution in [0.2, 0.25) is 0 Å². The van der Waals surface area contributed by atoms with Crippen LogP contribution in [-0.4, -0.2) is 21.8 Å². The van der Waals surface area contributed by atoms with Gasteiger partial charge >= 0.3 is 0 Å². The van der Waals surface area contributed by atoms with E-state index in [1.807, 2.05) is 59.5 Å². The molecule has 0 aliphatic carbocycles. The van der Waals surface area contributed by atoms with Crippen LogP contribution in [0.3, 0.4) is 0 Å². The summed E-state index contributed by atoms with van der Waals surface area (Å²) >= 11 is 5.68. The van der Waals surface area contributed by atoms with Crippen LogP contribution in [0.1, 0.15) is 16.9 Å². The Morgan fingerprint density at radius 1 is 1.03 bits per heavy atom. The molecule has 2 aromatic heterocycles. The van der Waals surface area contributed by atoms with E-state index in [0.717, 1.165) is 16.7 Å². The summed E-state index contributed by atoms with van der Waals surface area (Å²) in [6.45, 7) is 1.56. The van der Waals surface area contributed by atoms with E-state index in [2.05, 4.69) is 10.3 Å². The van der Waals surface area contributed by atoms with E-state index in [0.29, 0.717) is 47.3 Å². The number of rotatable bonds is 6. The standard InChI is InChI=1S/C24H21N3O4S/c28-23-18(9-17-10-21-22(31-15-30-21)11-20(17)26-23)14-27(13-16-5-2-1-3-6-16)24(32)25-12-19-7-4-8-29-19/h1-11H,12-15H2,(H,25,32)(H,26,28). The molecule has 1 aliphatic rings. The van der Waals surface area contributed by atoms with Crippen LogP contribution in [0.4, 0.5) is 0 Å². The smallest absolute Gasteiger partial charge is 0.253 e. The molecular weight excluding hydrogens is 426 g/mol. The van der Waals surface area contributed by atoms with Gasteiger partial charge in [-0.15, -0.1) is 0 Å². The monoisotopic (exact) mass is 447 g/mol. The number of hydrogen-bond donors (Lipinski definition) is 2. The molecule has 0 amide bonds. The highest BCUT2D eigenvalue weighted by atomic mass is 32.1. The second kappa shape index (κ2) is 8.76. The van der Waals surface area contributed by atoms with E-state index in [1.165, 1.54) is 0 Å². The minimum absolute atomic E-state index is 0.164. The molecule has 4 aromatic rings. The van der Waals surface area contributed by atoms with Gasteiger partial charge in [0.05, 0.1) is 24.9 Å². The second-order valence-electron chi connectivity index (χ2n) is 7.50. The van der Waals surface area contributed by atoms with Crippen molar-refractivity contribution in [2.24, 2.45) is 0 Å². The number of ether oxygens (including phenoxy) is 2. The van der Waals surface area contributed by atoms with Crippen molar-refractivity contribution in [3.63, 3.8) is 0 Å². The molecule has 0 atom stereocenters. The van der Waals surface area contributed by atoms with Gasteiger partial charge in [0.2, 0.25) is 6.79 Å². The van der Waals surface area contributed by atoms with Crippen molar-refractivity contribution < 1.29 is 13.9 Å². The first-order valence-corrected chi connectivity index (χ1v) is 10.6. The number of nitrogens with one attached hydrogen (secondary N) is 2. The number of benzene rings is 2. The molecule has 0 saturated carbocycles. The van der Waals surface area contributed by atoms with Gasteiger partial charge in [0.25, 0.3) is 5.56 Å². The van der Waals surface area contributed by atoms with E-state index < -0.39 is 0 Å². The Bertz CT molecular complexity index is 1300. The van der Waals surface area contributed by atoms with Gasteiger partial charge < -0.3 is 29.1 Å². The molecule has 7 nitrogen and oxygen atoms in total. The number of aromatic nitrogens is 1. The minimum Gasteiger partial charge on any atom is -0.467 e. The predicted octanol–water partition coefficient (Wildman–Crippen LogP) is 3.93. The lowest BCUT2D eigenvalue weighted by atomic mass is 10.1. The van der Waals surface area contributed by atoms with Crippen LogP contribution in [0.15, 0.2) is 76.1 Å². The molecule has 0 radical (unpaired) electrons. The minimum atomic E-state index is -0.164. The zero-order valence-corrected chi connectivity index (χ0v) is 18.0. The Morgan fingerprint density at radius 3 is 2.62 bits per heavy atom. The van der Waals surface area contributed by atoms with Crippen molar-refractivity contribution >= 4 is 28.2 Å². The zero-order chi connectivity index (χ0) is 21.9. The molecule has 3 heterocycles. The third-order valence-corrected chi connectivity index (χ3v) is 5.68. The Balaban J connectivity index is 1.42. The molecule has 0 fully saturated rings. The number of H-pyrrole nitrogens is 1. The van der Waals surface area contributed by atoms with E-state index in [9.17, 15) is 4.79 Å². The summed E-state index contributed by atoms with van der Waals surface area (Å²) in [5.41, 5.74) is 2.24. The van der Waals surface area contributed by atoms with Crippen LogP contribution < -0.4 is 20.3 Å². The first-order valence-electron chi connectivity index (χ1n) is 10.2. The number of hydrogen-bond acceptors (Lipinski definition) is 5. The number of aromatic amines is 1. The maximum atomic E-state index is 12.9. The summed E-state index contributed by atoms with van der Waals surface area (Å²) in [5.74, 6) is 2.09. The Kier molecular flexibility index (Phi) is 5.51. The maximum Gasteiger partial charge on any atom is 0.253 e. The normalized spacial score (nSPS) is 12.1. The van der Waals surface area contributed by atoms with Crippen molar-refractivity contribution in [1.29, 1.82) is 0 Å². The Hall–Kier alpha value is -3.78. The highest BCUT2D eigenvalue weighted by Gasteiger charge is 2.18. The number of thiocarbonyl (C=S) groups is 1. The number of pyridine rings is 1. The van der Waals surface area contributed by atoms with Gasteiger partial charge in [0, 0.05) is 23.6 Å². The summed E-state index contributed by atoms with van der Waals surface area (Å²) in [4.78, 5) is 17.8. The summed E-state index contributed by atoms with van der Waals surface area (Å²) in [6.07, 6.45) is 1.63. The van der Waals surface area contributed by atoms with Crippen LogP contribution in [-0.2, 0) is 19.6 Å². The fourth-order valence-corrected chi connectivity index (χ4v) is 3.86. The lowest BCUT2D eigenvalue weighted by Gasteiger charge is -2.26. The van der Waals surface area contributed by atoms with Gasteiger partial charge in [-0.2, -0.15) is 0 Å². The Labute approximate surface area is 189 Å². The van der Waals surface area contributed by atoms with Crippen molar-refractivity contribution in [3.05, 3.63) is 94.2 Å². The highest BCUT2D eigenvalue weighted by Crippen LogP contribution is 2.35. The third-order valence-electron chi connectivity index (χ3n) is 5.27. The van der Waals surface area contributed by atoms with Crippen LogP contribution in [0.5, 0.6) is 11.5 Å². The first-order chi connectivity index (χ1) is 15.7. The molecule has 0 unspecified atom stereocenters. The molecule has 162 valence electrons. The topological polar surface area (TPSA) is 79.7 Å². The number of fused-ring (bicyclic) bond motifs is 2. The molecule has 8 heteroatoms. The van der Waals surface area contributed by atoms with Gasteiger partial charge in [-0.25, -0.2) is 0 Å². The quantitative estimate of drug-likeness (QED) is 0.434. The zero-order valence-electron chi connectivity index (χ0n) is 17.2. The van der Waals surface area contributed by atoms with Crippen molar-refractivity contribution in [3.8, 4) is 11.5 Å². The van der Waals surface area contributed by atoms with Crippen LogP contribution in [0.25, 0.3) is 10.9 Å². The van der Waals surface area contributed by atoms with Crippen LogP contribution in [0, 0.1) is 0 Å². The summed E-state index contributed by atoms with van der Waals surface area (Å²) in [7, 11) is 0. The molecule has 2 aromatic carbocycles. The summed E-state index contributed by atoms with van der Waals surface area (Å²) in [5, 5.41) is 4.64. The highest BCUT2D eigenvalue weighted by molar-refractivity contribution is 7.80. The molecule has 0 spiro atoms. The molecule has 32 heavy (non-hydrogen) atoms. The van der Waals surface area contributed by atoms with E-state index in [4.69, 9.17) is 26.1 Å². The number of nitrogens with zero attached hydrogens (tertiary/aromatic N) is 1.